The topological polar surface area (TPSA) is 104 Å². The number of hydrogen-bond donors (Lipinski definition) is 4. The third kappa shape index (κ3) is 2.98. The van der Waals surface area contributed by atoms with E-state index in [1.165, 1.54) is 0 Å². The smallest absolute Gasteiger partial charge is 0.125 e. The Kier molecular flexibility index (Phi) is 4.05. The zero-order chi connectivity index (χ0) is 12.5. The van der Waals surface area contributed by atoms with Crippen molar-refractivity contribution in [1.82, 2.24) is 0 Å². The van der Waals surface area contributed by atoms with Gasteiger partial charge in [0.15, 0.2) is 0 Å². The first-order chi connectivity index (χ1) is 8.00. The van der Waals surface area contributed by atoms with Crippen LogP contribution in [0.15, 0.2) is 0 Å². The molecular formula is C12H28N5+. The third-order valence-corrected chi connectivity index (χ3v) is 4.75. The molecule has 2 rings (SSSR count). The molecular weight excluding hydrogens is 214 g/mol. The number of quaternary nitrogens is 1. The Morgan fingerprint density at radius 3 is 1.18 bits per heavy atom. The predicted octanol–water partition coefficient (Wildman–Crippen LogP) is 0.0904. The van der Waals surface area contributed by atoms with Gasteiger partial charge in [-0.2, -0.15) is 16.4 Å². The average molecular weight is 242 g/mol. The molecule has 0 amide bonds. The van der Waals surface area contributed by atoms with Crippen molar-refractivity contribution in [3.8, 4) is 0 Å². The van der Waals surface area contributed by atoms with E-state index in [9.17, 15) is 0 Å². The fourth-order valence-corrected chi connectivity index (χ4v) is 3.40. The molecule has 0 bridgehead atoms. The molecule has 17 heavy (non-hydrogen) atoms. The number of rotatable bonds is 2. The summed E-state index contributed by atoms with van der Waals surface area (Å²) in [6.07, 6.45) is 8.51. The maximum Gasteiger partial charge on any atom is 0.125 e. The van der Waals surface area contributed by atoms with Crippen molar-refractivity contribution < 1.29 is 4.70 Å². The van der Waals surface area contributed by atoms with E-state index in [0.29, 0.717) is 24.2 Å². The Bertz CT molecular complexity index is 215. The van der Waals surface area contributed by atoms with Crippen molar-refractivity contribution in [2.75, 3.05) is 0 Å². The Morgan fingerprint density at radius 1 is 0.588 bits per heavy atom. The van der Waals surface area contributed by atoms with Crippen molar-refractivity contribution >= 4 is 0 Å². The molecule has 0 saturated heterocycles. The van der Waals surface area contributed by atoms with Crippen LogP contribution < -0.4 is 23.2 Å². The maximum atomic E-state index is 6.39. The van der Waals surface area contributed by atoms with Crippen LogP contribution in [0.3, 0.4) is 0 Å². The molecule has 0 unspecified atom stereocenters. The molecule has 2 aliphatic rings. The molecule has 0 aromatic heterocycles. The predicted molar refractivity (Wildman–Crippen MR) is 69.1 cm³/mol. The molecule has 2 aliphatic carbocycles. The highest BCUT2D eigenvalue weighted by Crippen LogP contribution is 2.30. The first kappa shape index (κ1) is 13.2. The molecule has 0 aromatic carbocycles. The highest BCUT2D eigenvalue weighted by molar-refractivity contribution is 4.79. The van der Waals surface area contributed by atoms with Crippen molar-refractivity contribution in [3.05, 3.63) is 0 Å². The summed E-state index contributed by atoms with van der Waals surface area (Å²) in [6.45, 7) is 0. The Hall–Kier alpha value is -0.200. The Balaban J connectivity index is 1.93. The lowest BCUT2D eigenvalue weighted by Crippen LogP contribution is -2.72. The summed E-state index contributed by atoms with van der Waals surface area (Å²) in [5.74, 6) is 12.8. The van der Waals surface area contributed by atoms with Gasteiger partial charge in [0.05, 0.1) is 0 Å². The lowest BCUT2D eigenvalue weighted by Gasteiger charge is -2.45. The van der Waals surface area contributed by atoms with E-state index in [2.05, 4.69) is 0 Å². The van der Waals surface area contributed by atoms with Gasteiger partial charge in [0.2, 0.25) is 0 Å². The minimum Gasteiger partial charge on any atom is -0.328 e. The second kappa shape index (κ2) is 5.20. The second-order valence-corrected chi connectivity index (χ2v) is 6.03. The number of hydrogen-bond acceptors (Lipinski definition) is 4. The zero-order valence-corrected chi connectivity index (χ0v) is 10.7. The summed E-state index contributed by atoms with van der Waals surface area (Å²) in [4.78, 5) is 0. The van der Waals surface area contributed by atoms with Crippen molar-refractivity contribution in [2.45, 2.75) is 75.5 Å². The molecule has 0 aromatic rings. The first-order valence-electron chi connectivity index (χ1n) is 6.97. The van der Waals surface area contributed by atoms with Crippen LogP contribution in [-0.2, 0) is 0 Å². The van der Waals surface area contributed by atoms with Crippen LogP contribution in [0.2, 0.25) is 0 Å². The standard InChI is InChI=1S/C12H28N5/c13-9-1-5-11(6-2-9)17(15,16)12-7-3-10(14)4-8-12/h9-12H,1-8,13-16H2/q+1. The fourth-order valence-electron chi connectivity index (χ4n) is 3.40. The van der Waals surface area contributed by atoms with Gasteiger partial charge in [0, 0.05) is 37.8 Å². The van der Waals surface area contributed by atoms with Gasteiger partial charge in [-0.1, -0.05) is 0 Å². The molecule has 5 nitrogen and oxygen atoms in total. The van der Waals surface area contributed by atoms with E-state index >= 15 is 0 Å². The van der Waals surface area contributed by atoms with Crippen LogP contribution in [0.4, 0.5) is 0 Å². The van der Waals surface area contributed by atoms with E-state index in [-0.39, 0.29) is 4.70 Å². The molecule has 2 fully saturated rings. The van der Waals surface area contributed by atoms with E-state index in [0.717, 1.165) is 51.4 Å². The number of nitrogens with two attached hydrogens (primary N) is 4. The monoisotopic (exact) mass is 242 g/mol. The second-order valence-electron chi connectivity index (χ2n) is 6.03. The number of nitrogens with zero attached hydrogens (tertiary/aromatic N) is 1. The molecule has 0 heterocycles. The van der Waals surface area contributed by atoms with Crippen LogP contribution in [0.25, 0.3) is 0 Å². The van der Waals surface area contributed by atoms with Crippen LogP contribution in [0.1, 0.15) is 51.4 Å². The van der Waals surface area contributed by atoms with Gasteiger partial charge in [-0.25, -0.2) is 0 Å². The fraction of sp³-hybridized carbons (Fsp3) is 1.00. The van der Waals surface area contributed by atoms with Crippen LogP contribution in [-0.4, -0.2) is 28.9 Å². The summed E-state index contributed by atoms with van der Waals surface area (Å²) >= 11 is 0. The normalized spacial score (nSPS) is 40.2. The first-order valence-corrected chi connectivity index (χ1v) is 6.97. The zero-order valence-electron chi connectivity index (χ0n) is 10.7. The SMILES string of the molecule is NC1CCC([N+](N)(N)C2CCC(N)CC2)CC1. The van der Waals surface area contributed by atoms with Crippen molar-refractivity contribution in [2.24, 2.45) is 23.2 Å². The molecule has 0 radical (unpaired) electrons. The molecule has 8 N–H and O–H groups in total. The van der Waals surface area contributed by atoms with Gasteiger partial charge in [-0.3, -0.25) is 0 Å². The van der Waals surface area contributed by atoms with Crippen LogP contribution in [0.5, 0.6) is 0 Å². The van der Waals surface area contributed by atoms with Crippen LogP contribution >= 0.6 is 0 Å². The lowest BCUT2D eigenvalue weighted by atomic mass is 9.86. The van der Waals surface area contributed by atoms with E-state index in [1.54, 1.807) is 0 Å². The van der Waals surface area contributed by atoms with Gasteiger partial charge in [0.25, 0.3) is 0 Å². The van der Waals surface area contributed by atoms with Crippen molar-refractivity contribution in [3.63, 3.8) is 0 Å². The highest BCUT2D eigenvalue weighted by Gasteiger charge is 2.42. The Labute approximate surface area is 104 Å². The van der Waals surface area contributed by atoms with Gasteiger partial charge in [-0.15, -0.1) is 0 Å². The summed E-state index contributed by atoms with van der Waals surface area (Å²) < 4.78 is 0.208. The summed E-state index contributed by atoms with van der Waals surface area (Å²) in [5.41, 5.74) is 11.9. The minimum absolute atomic E-state index is 0.208. The van der Waals surface area contributed by atoms with Gasteiger partial charge < -0.3 is 11.5 Å². The maximum absolute atomic E-state index is 6.39. The minimum atomic E-state index is 0.208. The molecule has 100 valence electrons. The van der Waals surface area contributed by atoms with E-state index < -0.39 is 0 Å². The van der Waals surface area contributed by atoms with Crippen LogP contribution in [0, 0.1) is 0 Å². The summed E-state index contributed by atoms with van der Waals surface area (Å²) in [6, 6.07) is 1.47. The molecule has 0 atom stereocenters. The average Bonchev–Trinajstić information content (AvgIpc) is 2.30. The highest BCUT2D eigenvalue weighted by atomic mass is 15.8. The van der Waals surface area contributed by atoms with Gasteiger partial charge in [0.1, 0.15) is 12.1 Å². The largest absolute Gasteiger partial charge is 0.328 e. The molecule has 0 aliphatic heterocycles. The summed E-state index contributed by atoms with van der Waals surface area (Å²) in [7, 11) is 0. The third-order valence-electron chi connectivity index (χ3n) is 4.75. The Morgan fingerprint density at radius 2 is 0.882 bits per heavy atom. The summed E-state index contributed by atoms with van der Waals surface area (Å²) in [5, 5.41) is 0. The molecule has 2 saturated carbocycles. The van der Waals surface area contributed by atoms with E-state index in [1.807, 2.05) is 0 Å². The molecule has 5 heteroatoms. The van der Waals surface area contributed by atoms with E-state index in [4.69, 9.17) is 23.2 Å². The van der Waals surface area contributed by atoms with Crippen molar-refractivity contribution in [1.29, 1.82) is 0 Å². The quantitative estimate of drug-likeness (QED) is 0.313. The lowest BCUT2D eigenvalue weighted by molar-refractivity contribution is -0.998. The van der Waals surface area contributed by atoms with Gasteiger partial charge >= 0.3 is 0 Å². The molecule has 0 spiro atoms. The van der Waals surface area contributed by atoms with Gasteiger partial charge in [-0.05, 0) is 25.7 Å².